The number of rotatable bonds is 13. The van der Waals surface area contributed by atoms with E-state index in [0.717, 1.165) is 60.1 Å². The molecule has 1 aliphatic heterocycles. The first kappa shape index (κ1) is 35.1. The molecule has 0 radical (unpaired) electrons. The van der Waals surface area contributed by atoms with E-state index in [0.29, 0.717) is 37.0 Å². The Bertz CT molecular complexity index is 1990. The lowest BCUT2D eigenvalue weighted by Crippen LogP contribution is -2.52. The first-order chi connectivity index (χ1) is 24.3. The standard InChI is InChI=1S/C39H46N6O4S/c1-4-30-26-40-38(42-37(30)35-27-45(36-20-14-13-19-34(35)36)50(47,48)33-17-11-8-12-18-33)41-31(5-2)25-32(6-3)43-21-23-44(24-22-43)39(46)49-28-29-15-9-7-10-16-29/h7-20,26-27,31-32H,4-6,21-25,28H2,1-3H3,(H,40,41,42)/t31-,32+/m1/s1. The van der Waals surface area contributed by atoms with E-state index in [4.69, 9.17) is 14.7 Å². The normalized spacial score (nSPS) is 15.1. The number of carbonyl (C=O) groups is 1. The molecular weight excluding hydrogens is 649 g/mol. The van der Waals surface area contributed by atoms with Crippen LogP contribution in [-0.2, 0) is 27.8 Å². The molecule has 2 aromatic heterocycles. The summed E-state index contributed by atoms with van der Waals surface area (Å²) in [5.41, 5.74) is 3.99. The lowest BCUT2D eigenvalue weighted by Gasteiger charge is -2.39. The summed E-state index contributed by atoms with van der Waals surface area (Å²) >= 11 is 0. The van der Waals surface area contributed by atoms with Crippen LogP contribution >= 0.6 is 0 Å². The van der Waals surface area contributed by atoms with Gasteiger partial charge in [0, 0.05) is 61.6 Å². The lowest BCUT2D eigenvalue weighted by atomic mass is 10.0. The second kappa shape index (κ2) is 15.9. The summed E-state index contributed by atoms with van der Waals surface area (Å²) in [6, 6.07) is 26.2. The van der Waals surface area contributed by atoms with Crippen LogP contribution in [0.25, 0.3) is 22.2 Å². The zero-order valence-electron chi connectivity index (χ0n) is 29.0. The van der Waals surface area contributed by atoms with Crippen molar-refractivity contribution in [2.24, 2.45) is 0 Å². The van der Waals surface area contributed by atoms with Crippen molar-refractivity contribution in [2.75, 3.05) is 31.5 Å². The van der Waals surface area contributed by atoms with Crippen LogP contribution in [0.5, 0.6) is 0 Å². The van der Waals surface area contributed by atoms with E-state index in [1.54, 1.807) is 41.4 Å². The quantitative estimate of drug-likeness (QED) is 0.138. The number of para-hydroxylation sites is 1. The van der Waals surface area contributed by atoms with E-state index in [2.05, 4.69) is 31.0 Å². The number of hydrogen-bond acceptors (Lipinski definition) is 8. The molecule has 1 N–H and O–H groups in total. The van der Waals surface area contributed by atoms with Crippen LogP contribution in [0, 0.1) is 0 Å². The number of nitrogens with one attached hydrogen (secondary N) is 1. The van der Waals surface area contributed by atoms with Gasteiger partial charge in [-0.15, -0.1) is 0 Å². The first-order valence-corrected chi connectivity index (χ1v) is 19.0. The van der Waals surface area contributed by atoms with Crippen LogP contribution in [0.4, 0.5) is 10.7 Å². The van der Waals surface area contributed by atoms with Crippen molar-refractivity contribution >= 4 is 33.0 Å². The van der Waals surface area contributed by atoms with E-state index >= 15 is 0 Å². The van der Waals surface area contributed by atoms with E-state index < -0.39 is 10.0 Å². The predicted molar refractivity (Wildman–Crippen MR) is 198 cm³/mol. The number of aryl methyl sites for hydroxylation is 1. The lowest BCUT2D eigenvalue weighted by molar-refractivity contribution is 0.0566. The van der Waals surface area contributed by atoms with Gasteiger partial charge in [-0.1, -0.05) is 87.5 Å². The number of hydrogen-bond donors (Lipinski definition) is 1. The van der Waals surface area contributed by atoms with Gasteiger partial charge in [-0.3, -0.25) is 4.90 Å². The maximum Gasteiger partial charge on any atom is 0.410 e. The molecule has 1 aliphatic rings. The Kier molecular flexibility index (Phi) is 11.1. The van der Waals surface area contributed by atoms with Gasteiger partial charge < -0.3 is 15.0 Å². The number of fused-ring (bicyclic) bond motifs is 1. The fourth-order valence-corrected chi connectivity index (χ4v) is 8.10. The molecule has 3 heterocycles. The van der Waals surface area contributed by atoms with Gasteiger partial charge in [0.25, 0.3) is 10.0 Å². The number of carbonyl (C=O) groups excluding carboxylic acids is 1. The number of nitrogens with zero attached hydrogens (tertiary/aromatic N) is 5. The molecule has 5 aromatic rings. The van der Waals surface area contributed by atoms with Crippen LogP contribution in [0.2, 0.25) is 0 Å². The van der Waals surface area contributed by atoms with Crippen LogP contribution in [0.15, 0.2) is 102 Å². The highest BCUT2D eigenvalue weighted by molar-refractivity contribution is 7.90. The Morgan fingerprint density at radius 3 is 2.24 bits per heavy atom. The molecule has 2 atom stereocenters. The third-order valence-electron chi connectivity index (χ3n) is 9.63. The average Bonchev–Trinajstić information content (AvgIpc) is 3.57. The minimum Gasteiger partial charge on any atom is -0.445 e. The molecule has 0 unspecified atom stereocenters. The monoisotopic (exact) mass is 694 g/mol. The number of aromatic nitrogens is 3. The maximum absolute atomic E-state index is 13.8. The Balaban J connectivity index is 1.16. The van der Waals surface area contributed by atoms with E-state index in [9.17, 15) is 13.2 Å². The molecule has 0 bridgehead atoms. The van der Waals surface area contributed by atoms with Crippen molar-refractivity contribution in [3.05, 3.63) is 108 Å². The zero-order valence-corrected chi connectivity index (χ0v) is 29.9. The Morgan fingerprint density at radius 2 is 1.56 bits per heavy atom. The molecule has 1 amide bonds. The van der Waals surface area contributed by atoms with Crippen LogP contribution in [-0.4, -0.2) is 76.5 Å². The third kappa shape index (κ3) is 7.69. The number of anilines is 1. The maximum atomic E-state index is 13.8. The highest BCUT2D eigenvalue weighted by atomic mass is 32.2. The molecular formula is C39H46N6O4S. The molecule has 262 valence electrons. The molecule has 0 saturated carbocycles. The van der Waals surface area contributed by atoms with Crippen molar-refractivity contribution in [2.45, 2.75) is 70.0 Å². The van der Waals surface area contributed by atoms with Gasteiger partial charge in [0.2, 0.25) is 5.95 Å². The van der Waals surface area contributed by atoms with Gasteiger partial charge in [-0.05, 0) is 55.0 Å². The minimum atomic E-state index is -3.83. The average molecular weight is 695 g/mol. The summed E-state index contributed by atoms with van der Waals surface area (Å²) in [5, 5.41) is 4.42. The van der Waals surface area contributed by atoms with Gasteiger partial charge >= 0.3 is 6.09 Å². The van der Waals surface area contributed by atoms with Gasteiger partial charge in [-0.25, -0.2) is 27.2 Å². The summed E-state index contributed by atoms with van der Waals surface area (Å²) in [6.07, 6.45) is 6.73. The Hall–Kier alpha value is -4.74. The number of piperazine rings is 1. The molecule has 6 rings (SSSR count). The summed E-state index contributed by atoms with van der Waals surface area (Å²) in [5.74, 6) is 0.521. The highest BCUT2D eigenvalue weighted by Crippen LogP contribution is 2.34. The summed E-state index contributed by atoms with van der Waals surface area (Å²) in [6.45, 7) is 9.54. The minimum absolute atomic E-state index is 0.119. The molecule has 0 aliphatic carbocycles. The third-order valence-corrected chi connectivity index (χ3v) is 11.3. The Morgan fingerprint density at radius 1 is 0.880 bits per heavy atom. The summed E-state index contributed by atoms with van der Waals surface area (Å²) in [7, 11) is -3.83. The van der Waals surface area contributed by atoms with Gasteiger partial charge in [0.1, 0.15) is 6.61 Å². The van der Waals surface area contributed by atoms with Gasteiger partial charge in [0.05, 0.1) is 16.1 Å². The fraction of sp³-hybridized carbons (Fsp3) is 0.359. The molecule has 50 heavy (non-hydrogen) atoms. The van der Waals surface area contributed by atoms with E-state index in [-0.39, 0.29) is 23.6 Å². The molecule has 10 nitrogen and oxygen atoms in total. The predicted octanol–water partition coefficient (Wildman–Crippen LogP) is 7.21. The van der Waals surface area contributed by atoms with Crippen LogP contribution < -0.4 is 5.32 Å². The van der Waals surface area contributed by atoms with Gasteiger partial charge in [-0.2, -0.15) is 0 Å². The summed E-state index contributed by atoms with van der Waals surface area (Å²) < 4.78 is 34.5. The molecule has 1 fully saturated rings. The summed E-state index contributed by atoms with van der Waals surface area (Å²) in [4.78, 5) is 27.0. The van der Waals surface area contributed by atoms with E-state index in [1.165, 1.54) is 3.97 Å². The smallest absolute Gasteiger partial charge is 0.410 e. The van der Waals surface area contributed by atoms with Crippen molar-refractivity contribution in [1.29, 1.82) is 0 Å². The Labute approximate surface area is 295 Å². The SMILES string of the molecule is CCc1cnc(N[C@H](CC)C[C@H](CC)N2CCN(C(=O)OCc3ccccc3)CC2)nc1-c1cn(S(=O)(=O)c2ccccc2)c2ccccc12. The molecule has 0 spiro atoms. The van der Waals surface area contributed by atoms with E-state index in [1.807, 2.05) is 60.8 Å². The second-order valence-corrected chi connectivity index (χ2v) is 14.5. The second-order valence-electron chi connectivity index (χ2n) is 12.7. The largest absolute Gasteiger partial charge is 0.445 e. The topological polar surface area (TPSA) is 110 Å². The van der Waals surface area contributed by atoms with Crippen molar-refractivity contribution < 1.29 is 17.9 Å². The van der Waals surface area contributed by atoms with Gasteiger partial charge in [0.15, 0.2) is 0 Å². The fourth-order valence-electron chi connectivity index (χ4n) is 6.70. The molecule has 11 heteroatoms. The highest BCUT2D eigenvalue weighted by Gasteiger charge is 2.28. The van der Waals surface area contributed by atoms with Crippen LogP contribution in [0.1, 0.15) is 51.2 Å². The van der Waals surface area contributed by atoms with Crippen molar-refractivity contribution in [3.8, 4) is 11.3 Å². The van der Waals surface area contributed by atoms with Crippen LogP contribution in [0.3, 0.4) is 0 Å². The zero-order chi connectivity index (χ0) is 35.1. The number of benzene rings is 3. The number of ether oxygens (including phenoxy) is 1. The molecule has 3 aromatic carbocycles. The van der Waals surface area contributed by atoms with Crippen molar-refractivity contribution in [3.63, 3.8) is 0 Å². The van der Waals surface area contributed by atoms with Crippen molar-refractivity contribution in [1.82, 2.24) is 23.7 Å². The number of amides is 1. The first-order valence-electron chi connectivity index (χ1n) is 17.6. The molecule has 1 saturated heterocycles.